The van der Waals surface area contributed by atoms with Crippen molar-refractivity contribution < 1.29 is 9.15 Å². The summed E-state index contributed by atoms with van der Waals surface area (Å²) in [7, 11) is 0. The zero-order valence-electron chi connectivity index (χ0n) is 20.9. The predicted octanol–water partition coefficient (Wildman–Crippen LogP) is 4.54. The number of ether oxygens (including phenoxy) is 1. The van der Waals surface area contributed by atoms with Crippen molar-refractivity contribution in [1.29, 1.82) is 0 Å². The average Bonchev–Trinajstić information content (AvgIpc) is 3.37. The molecular weight excluding hydrogens is 472 g/mol. The highest BCUT2D eigenvalue weighted by Gasteiger charge is 2.25. The number of thiocarbonyl (C=S) groups is 1. The second-order valence-corrected chi connectivity index (χ2v) is 10.2. The van der Waals surface area contributed by atoms with Crippen molar-refractivity contribution in [2.45, 2.75) is 26.8 Å². The average molecular weight is 507 g/mol. The SMILES string of the molecule is C[C@@H]1C[C@H](C)CN(c2cc(N3CCOCC3)nc(NC(=S)NCc3ccc(-c4ccccc4)o3)n2)C1. The van der Waals surface area contributed by atoms with Gasteiger partial charge in [-0.15, -0.1) is 0 Å². The zero-order chi connectivity index (χ0) is 24.9. The van der Waals surface area contributed by atoms with Gasteiger partial charge in [-0.1, -0.05) is 44.2 Å². The number of aromatic nitrogens is 2. The van der Waals surface area contributed by atoms with Crippen LogP contribution in [0.1, 0.15) is 26.0 Å². The lowest BCUT2D eigenvalue weighted by Crippen LogP contribution is -2.40. The Bertz CT molecular complexity index is 1150. The molecule has 2 aliphatic heterocycles. The Morgan fingerprint density at radius 1 is 0.972 bits per heavy atom. The van der Waals surface area contributed by atoms with Crippen molar-refractivity contribution >= 4 is 34.9 Å². The number of benzene rings is 1. The highest BCUT2D eigenvalue weighted by atomic mass is 32.1. The van der Waals surface area contributed by atoms with E-state index in [1.807, 2.05) is 42.5 Å². The summed E-state index contributed by atoms with van der Waals surface area (Å²) in [5.41, 5.74) is 1.05. The Hall–Kier alpha value is -3.17. The van der Waals surface area contributed by atoms with Crippen LogP contribution < -0.4 is 20.4 Å². The summed E-state index contributed by atoms with van der Waals surface area (Å²) >= 11 is 5.58. The van der Waals surface area contributed by atoms with Gasteiger partial charge in [-0.2, -0.15) is 9.97 Å². The number of hydrogen-bond acceptors (Lipinski definition) is 7. The topological polar surface area (TPSA) is 78.7 Å². The Morgan fingerprint density at radius 2 is 1.67 bits per heavy atom. The van der Waals surface area contributed by atoms with Crippen molar-refractivity contribution in [3.05, 3.63) is 54.3 Å². The molecule has 2 aromatic heterocycles. The van der Waals surface area contributed by atoms with Crippen LogP contribution in [0.25, 0.3) is 11.3 Å². The van der Waals surface area contributed by atoms with Gasteiger partial charge in [-0.25, -0.2) is 0 Å². The molecule has 1 aromatic carbocycles. The molecule has 0 saturated carbocycles. The smallest absolute Gasteiger partial charge is 0.232 e. The number of furan rings is 1. The van der Waals surface area contributed by atoms with Crippen LogP contribution in [0.4, 0.5) is 17.6 Å². The number of hydrogen-bond donors (Lipinski definition) is 2. The fourth-order valence-corrected chi connectivity index (χ4v) is 5.15. The van der Waals surface area contributed by atoms with Crippen LogP contribution in [0.2, 0.25) is 0 Å². The van der Waals surface area contributed by atoms with E-state index in [1.54, 1.807) is 0 Å². The fourth-order valence-electron chi connectivity index (χ4n) is 4.99. The van der Waals surface area contributed by atoms with Gasteiger partial charge in [0.05, 0.1) is 19.8 Å². The maximum atomic E-state index is 5.98. The summed E-state index contributed by atoms with van der Waals surface area (Å²) in [6.45, 7) is 10.1. The first-order valence-corrected chi connectivity index (χ1v) is 13.1. The van der Waals surface area contributed by atoms with E-state index in [4.69, 9.17) is 31.3 Å². The van der Waals surface area contributed by atoms with Crippen molar-refractivity contribution in [3.63, 3.8) is 0 Å². The molecule has 190 valence electrons. The number of morpholine rings is 1. The minimum absolute atomic E-state index is 0.457. The molecule has 2 saturated heterocycles. The summed E-state index contributed by atoms with van der Waals surface area (Å²) < 4.78 is 11.5. The van der Waals surface area contributed by atoms with Crippen LogP contribution in [-0.4, -0.2) is 54.5 Å². The molecular formula is C27H34N6O2S. The lowest BCUT2D eigenvalue weighted by Gasteiger charge is -2.36. The number of nitrogens with one attached hydrogen (secondary N) is 2. The van der Waals surface area contributed by atoms with Crippen molar-refractivity contribution in [2.24, 2.45) is 11.8 Å². The number of anilines is 3. The maximum Gasteiger partial charge on any atom is 0.232 e. The van der Waals surface area contributed by atoms with Crippen molar-refractivity contribution in [1.82, 2.24) is 15.3 Å². The Morgan fingerprint density at radius 3 is 2.39 bits per heavy atom. The third-order valence-corrected chi connectivity index (χ3v) is 6.84. The quantitative estimate of drug-likeness (QED) is 0.468. The van der Waals surface area contributed by atoms with E-state index in [0.29, 0.717) is 42.7 Å². The molecule has 5 rings (SSSR count). The van der Waals surface area contributed by atoms with Crippen LogP contribution in [0.3, 0.4) is 0 Å². The molecule has 8 nitrogen and oxygen atoms in total. The summed E-state index contributed by atoms with van der Waals surface area (Å²) in [6.07, 6.45) is 1.25. The van der Waals surface area contributed by atoms with E-state index >= 15 is 0 Å². The molecule has 2 aliphatic rings. The van der Waals surface area contributed by atoms with Gasteiger partial charge < -0.3 is 29.6 Å². The van der Waals surface area contributed by atoms with Gasteiger partial charge in [0.15, 0.2) is 5.11 Å². The molecule has 0 bridgehead atoms. The number of nitrogens with zero attached hydrogens (tertiary/aromatic N) is 4. The van der Waals surface area contributed by atoms with E-state index < -0.39 is 0 Å². The van der Waals surface area contributed by atoms with E-state index in [1.165, 1.54) is 6.42 Å². The molecule has 0 unspecified atom stereocenters. The molecule has 0 aliphatic carbocycles. The largest absolute Gasteiger partial charge is 0.459 e. The van der Waals surface area contributed by atoms with Gasteiger partial charge in [-0.05, 0) is 42.6 Å². The highest BCUT2D eigenvalue weighted by molar-refractivity contribution is 7.80. The molecule has 0 amide bonds. The van der Waals surface area contributed by atoms with Crippen molar-refractivity contribution in [2.75, 3.05) is 54.5 Å². The van der Waals surface area contributed by atoms with Crippen LogP contribution >= 0.6 is 12.2 Å². The molecule has 9 heteroatoms. The Balaban J connectivity index is 1.28. The van der Waals surface area contributed by atoms with Gasteiger partial charge >= 0.3 is 0 Å². The summed E-state index contributed by atoms with van der Waals surface area (Å²) in [6, 6.07) is 16.1. The minimum atomic E-state index is 0.457. The van der Waals surface area contributed by atoms with Crippen LogP contribution in [0.5, 0.6) is 0 Å². The highest BCUT2D eigenvalue weighted by Crippen LogP contribution is 2.28. The summed E-state index contributed by atoms with van der Waals surface area (Å²) in [5.74, 6) is 5.24. The first kappa shape index (κ1) is 24.5. The van der Waals surface area contributed by atoms with E-state index in [2.05, 4.69) is 40.3 Å². The molecule has 0 spiro atoms. The van der Waals surface area contributed by atoms with E-state index in [0.717, 1.165) is 54.9 Å². The number of rotatable bonds is 6. The van der Waals surface area contributed by atoms with Gasteiger partial charge in [0, 0.05) is 37.8 Å². The lowest BCUT2D eigenvalue weighted by atomic mass is 9.92. The number of piperidine rings is 1. The maximum absolute atomic E-state index is 5.98. The molecule has 2 N–H and O–H groups in total. The van der Waals surface area contributed by atoms with Gasteiger partial charge in [0.1, 0.15) is 23.2 Å². The second-order valence-electron chi connectivity index (χ2n) is 9.80. The lowest BCUT2D eigenvalue weighted by molar-refractivity contribution is 0.122. The van der Waals surface area contributed by atoms with Crippen molar-refractivity contribution in [3.8, 4) is 11.3 Å². The monoisotopic (exact) mass is 506 g/mol. The molecule has 36 heavy (non-hydrogen) atoms. The van der Waals surface area contributed by atoms with Crippen LogP contribution in [0, 0.1) is 11.8 Å². The van der Waals surface area contributed by atoms with Gasteiger partial charge in [0.25, 0.3) is 0 Å². The van der Waals surface area contributed by atoms with E-state index in [-0.39, 0.29) is 0 Å². The van der Waals surface area contributed by atoms with Crippen LogP contribution in [0.15, 0.2) is 52.9 Å². The summed E-state index contributed by atoms with van der Waals surface area (Å²) in [5, 5.41) is 6.88. The molecule has 0 radical (unpaired) electrons. The standard InChI is InChI=1S/C27H34N6O2S/c1-19-14-20(2)18-33(17-19)25-15-24(32-10-12-34-13-11-32)29-26(30-25)31-27(36)28-16-22-8-9-23(35-22)21-6-4-3-5-7-21/h3-9,15,19-20H,10-14,16-18H2,1-2H3,(H2,28,29,30,31,36)/t19-,20+. The Labute approximate surface area is 218 Å². The Kier molecular flexibility index (Phi) is 7.67. The van der Waals surface area contributed by atoms with E-state index in [9.17, 15) is 0 Å². The normalized spacial score (nSPS) is 20.3. The molecule has 2 atom stereocenters. The minimum Gasteiger partial charge on any atom is -0.459 e. The fraction of sp³-hybridized carbons (Fsp3) is 0.444. The van der Waals surface area contributed by atoms with Crippen LogP contribution in [-0.2, 0) is 11.3 Å². The summed E-state index contributed by atoms with van der Waals surface area (Å²) in [4.78, 5) is 14.3. The van der Waals surface area contributed by atoms with Gasteiger partial charge in [-0.3, -0.25) is 0 Å². The van der Waals surface area contributed by atoms with Gasteiger partial charge in [0.2, 0.25) is 5.95 Å². The first-order valence-electron chi connectivity index (χ1n) is 12.7. The third kappa shape index (κ3) is 6.14. The first-order chi connectivity index (χ1) is 17.5. The molecule has 2 fully saturated rings. The zero-order valence-corrected chi connectivity index (χ0v) is 21.8. The third-order valence-electron chi connectivity index (χ3n) is 6.60. The molecule has 3 aromatic rings. The predicted molar refractivity (Wildman–Crippen MR) is 147 cm³/mol. The second kappa shape index (κ2) is 11.3. The molecule has 4 heterocycles.